The van der Waals surface area contributed by atoms with Crippen LogP contribution in [0.1, 0.15) is 13.3 Å². The highest BCUT2D eigenvalue weighted by molar-refractivity contribution is 7.92. The lowest BCUT2D eigenvalue weighted by Gasteiger charge is -2.14. The number of hydrogen-bond donors (Lipinski definition) is 1. The Bertz CT molecular complexity index is 265. The van der Waals surface area contributed by atoms with E-state index in [-0.39, 0.29) is 0 Å². The molecule has 1 fully saturated rings. The number of rotatable bonds is 3. The lowest BCUT2D eigenvalue weighted by molar-refractivity contribution is 0.0472. The van der Waals surface area contributed by atoms with E-state index < -0.39 is 26.8 Å². The van der Waals surface area contributed by atoms with Gasteiger partial charge in [0.1, 0.15) is 5.75 Å². The van der Waals surface area contributed by atoms with Gasteiger partial charge in [-0.1, -0.05) is 0 Å². The van der Waals surface area contributed by atoms with Crippen LogP contribution in [0.2, 0.25) is 0 Å². The molecule has 0 aliphatic carbocycles. The standard InChI is InChI=1S/C7H13F2NO2S/c1-7(8,9)5-13(11,12)6-2-3-10-4-6/h6,10H,2-5H2,1H3. The highest BCUT2D eigenvalue weighted by atomic mass is 32.2. The minimum Gasteiger partial charge on any atom is -0.315 e. The predicted molar refractivity (Wildman–Crippen MR) is 45.7 cm³/mol. The zero-order valence-corrected chi connectivity index (χ0v) is 8.20. The molecule has 13 heavy (non-hydrogen) atoms. The van der Waals surface area contributed by atoms with Crippen LogP contribution in [0.3, 0.4) is 0 Å². The molecule has 6 heteroatoms. The molecule has 0 aromatic rings. The van der Waals surface area contributed by atoms with Crippen LogP contribution >= 0.6 is 0 Å². The van der Waals surface area contributed by atoms with Crippen molar-refractivity contribution in [1.82, 2.24) is 5.32 Å². The van der Waals surface area contributed by atoms with Crippen LogP contribution in [0.4, 0.5) is 8.78 Å². The quantitative estimate of drug-likeness (QED) is 0.739. The minimum atomic E-state index is -3.63. The molecule has 1 heterocycles. The van der Waals surface area contributed by atoms with Crippen molar-refractivity contribution in [3.05, 3.63) is 0 Å². The molecule has 1 aliphatic heterocycles. The third-order valence-corrected chi connectivity index (χ3v) is 4.30. The highest BCUT2D eigenvalue weighted by Crippen LogP contribution is 2.20. The van der Waals surface area contributed by atoms with Crippen molar-refractivity contribution in [2.24, 2.45) is 0 Å². The molecular formula is C7H13F2NO2S. The summed E-state index contributed by atoms with van der Waals surface area (Å²) in [5.74, 6) is -4.16. The first kappa shape index (κ1) is 10.8. The second-order valence-electron chi connectivity index (χ2n) is 3.49. The van der Waals surface area contributed by atoms with Crippen molar-refractivity contribution >= 4 is 9.84 Å². The summed E-state index contributed by atoms with van der Waals surface area (Å²) >= 11 is 0. The molecule has 0 bridgehead atoms. The summed E-state index contributed by atoms with van der Waals surface area (Å²) in [6, 6.07) is 0. The van der Waals surface area contributed by atoms with E-state index in [1.54, 1.807) is 0 Å². The third-order valence-electron chi connectivity index (χ3n) is 1.98. The molecule has 1 aliphatic rings. The molecule has 0 radical (unpaired) electrons. The van der Waals surface area contributed by atoms with E-state index in [2.05, 4.69) is 5.32 Å². The van der Waals surface area contributed by atoms with Crippen molar-refractivity contribution in [1.29, 1.82) is 0 Å². The SMILES string of the molecule is CC(F)(F)CS(=O)(=O)C1CCNC1. The van der Waals surface area contributed by atoms with Gasteiger partial charge in [0, 0.05) is 13.5 Å². The van der Waals surface area contributed by atoms with Crippen molar-refractivity contribution < 1.29 is 17.2 Å². The molecule has 78 valence electrons. The van der Waals surface area contributed by atoms with Crippen molar-refractivity contribution in [2.45, 2.75) is 24.5 Å². The number of sulfone groups is 1. The fourth-order valence-electron chi connectivity index (χ4n) is 1.41. The summed E-state index contributed by atoms with van der Waals surface area (Å²) in [6.07, 6.45) is 0.443. The maximum Gasteiger partial charge on any atom is 0.259 e. The lowest BCUT2D eigenvalue weighted by Crippen LogP contribution is -2.33. The minimum absolute atomic E-state index is 0.304. The van der Waals surface area contributed by atoms with Gasteiger partial charge in [0.15, 0.2) is 9.84 Å². The van der Waals surface area contributed by atoms with Gasteiger partial charge in [0.2, 0.25) is 0 Å². The van der Waals surface area contributed by atoms with Gasteiger partial charge in [-0.2, -0.15) is 0 Å². The van der Waals surface area contributed by atoms with E-state index in [0.717, 1.165) is 0 Å². The maximum absolute atomic E-state index is 12.5. The zero-order valence-electron chi connectivity index (χ0n) is 7.39. The normalized spacial score (nSPS) is 25.0. The van der Waals surface area contributed by atoms with Gasteiger partial charge in [-0.3, -0.25) is 0 Å². The van der Waals surface area contributed by atoms with Crippen molar-refractivity contribution in [2.75, 3.05) is 18.8 Å². The first-order valence-electron chi connectivity index (χ1n) is 4.11. The van der Waals surface area contributed by atoms with Crippen molar-refractivity contribution in [3.63, 3.8) is 0 Å². The second kappa shape index (κ2) is 3.49. The van der Waals surface area contributed by atoms with E-state index in [1.807, 2.05) is 0 Å². The molecule has 1 unspecified atom stereocenters. The second-order valence-corrected chi connectivity index (χ2v) is 5.77. The van der Waals surface area contributed by atoms with E-state index in [9.17, 15) is 17.2 Å². The Kier molecular flexibility index (Phi) is 2.91. The lowest BCUT2D eigenvalue weighted by atomic mass is 10.4. The molecule has 0 spiro atoms. The topological polar surface area (TPSA) is 46.2 Å². The first-order chi connectivity index (χ1) is 5.81. The molecule has 0 saturated carbocycles. The molecule has 1 saturated heterocycles. The molecular weight excluding hydrogens is 200 g/mol. The molecule has 1 atom stereocenters. The van der Waals surface area contributed by atoms with Gasteiger partial charge < -0.3 is 5.32 Å². The summed E-state index contributed by atoms with van der Waals surface area (Å²) in [7, 11) is -3.63. The summed E-state index contributed by atoms with van der Waals surface area (Å²) in [6.45, 7) is 1.53. The first-order valence-corrected chi connectivity index (χ1v) is 5.83. The molecule has 0 amide bonds. The Hall–Kier alpha value is -0.230. The fourth-order valence-corrected chi connectivity index (χ4v) is 3.20. The average Bonchev–Trinajstić information content (AvgIpc) is 2.29. The monoisotopic (exact) mass is 213 g/mol. The van der Waals surface area contributed by atoms with Gasteiger partial charge in [0.25, 0.3) is 5.92 Å². The molecule has 1 N–H and O–H groups in total. The smallest absolute Gasteiger partial charge is 0.259 e. The van der Waals surface area contributed by atoms with Crippen LogP contribution in [-0.4, -0.2) is 38.4 Å². The van der Waals surface area contributed by atoms with E-state index in [0.29, 0.717) is 26.4 Å². The van der Waals surface area contributed by atoms with Gasteiger partial charge in [0.05, 0.1) is 5.25 Å². The largest absolute Gasteiger partial charge is 0.315 e. The van der Waals surface area contributed by atoms with Crippen LogP contribution in [-0.2, 0) is 9.84 Å². The number of hydrogen-bond acceptors (Lipinski definition) is 3. The van der Waals surface area contributed by atoms with E-state index in [1.165, 1.54) is 0 Å². The Morgan fingerprint density at radius 2 is 2.15 bits per heavy atom. The number of halogens is 2. The van der Waals surface area contributed by atoms with Gasteiger partial charge in [-0.05, 0) is 13.0 Å². The van der Waals surface area contributed by atoms with E-state index in [4.69, 9.17) is 0 Å². The molecule has 0 aromatic carbocycles. The number of nitrogens with one attached hydrogen (secondary N) is 1. The van der Waals surface area contributed by atoms with Gasteiger partial charge >= 0.3 is 0 Å². The molecule has 0 aromatic heterocycles. The Labute approximate surface area is 76.4 Å². The van der Waals surface area contributed by atoms with Crippen LogP contribution in [0.5, 0.6) is 0 Å². The maximum atomic E-state index is 12.5. The zero-order chi connectivity index (χ0) is 10.1. The average molecular weight is 213 g/mol. The third kappa shape index (κ3) is 3.19. The van der Waals surface area contributed by atoms with Crippen LogP contribution in [0.15, 0.2) is 0 Å². The summed E-state index contributed by atoms with van der Waals surface area (Å²) in [5, 5.41) is 2.21. The Balaban J connectivity index is 2.66. The van der Waals surface area contributed by atoms with Gasteiger partial charge in [-0.25, -0.2) is 17.2 Å². The molecule has 3 nitrogen and oxygen atoms in total. The predicted octanol–water partition coefficient (Wildman–Crippen LogP) is 0.418. The fraction of sp³-hybridized carbons (Fsp3) is 1.00. The summed E-state index contributed by atoms with van der Waals surface area (Å²) < 4.78 is 47.6. The number of alkyl halides is 2. The Morgan fingerprint density at radius 1 is 1.54 bits per heavy atom. The van der Waals surface area contributed by atoms with Crippen LogP contribution in [0, 0.1) is 0 Å². The van der Waals surface area contributed by atoms with Gasteiger partial charge in [-0.15, -0.1) is 0 Å². The van der Waals surface area contributed by atoms with E-state index >= 15 is 0 Å². The van der Waals surface area contributed by atoms with Crippen molar-refractivity contribution in [3.8, 4) is 0 Å². The molecule has 1 rings (SSSR count). The Morgan fingerprint density at radius 3 is 2.54 bits per heavy atom. The van der Waals surface area contributed by atoms with Crippen LogP contribution in [0.25, 0.3) is 0 Å². The highest BCUT2D eigenvalue weighted by Gasteiger charge is 2.36. The summed E-state index contributed by atoms with van der Waals surface area (Å²) in [4.78, 5) is 0. The van der Waals surface area contributed by atoms with Crippen LogP contribution < -0.4 is 5.32 Å². The summed E-state index contributed by atoms with van der Waals surface area (Å²) in [5.41, 5.74) is 0.